The number of H-pyrrole nitrogens is 1. The summed E-state index contributed by atoms with van der Waals surface area (Å²) in [6, 6.07) is 7.91. The predicted octanol–water partition coefficient (Wildman–Crippen LogP) is 5.92. The number of amides is 1. The largest absolute Gasteiger partial charge is 0.368 e. The van der Waals surface area contributed by atoms with Gasteiger partial charge in [0.05, 0.1) is 18.7 Å². The standard InChI is InChI=1S/C25H40N2O2Si/c1-6-19-12-11-13-20-21-14-16-29-25(7-2,24(21)27-23(19)20)18-22(28)26-15-9-8-10-17-30(3,4)5/h11-13,27H,6-10,14-18H2,1-5H3,(H,26,28). The van der Waals surface area contributed by atoms with E-state index in [1.807, 2.05) is 0 Å². The van der Waals surface area contributed by atoms with Crippen molar-refractivity contribution in [1.29, 1.82) is 0 Å². The summed E-state index contributed by atoms with van der Waals surface area (Å²) >= 11 is 0. The summed E-state index contributed by atoms with van der Waals surface area (Å²) in [4.78, 5) is 16.5. The lowest BCUT2D eigenvalue weighted by molar-refractivity contribution is -0.132. The number of aromatic nitrogens is 1. The van der Waals surface area contributed by atoms with Gasteiger partial charge in [-0.15, -0.1) is 0 Å². The Morgan fingerprint density at radius 3 is 2.70 bits per heavy atom. The minimum absolute atomic E-state index is 0.101. The topological polar surface area (TPSA) is 54.1 Å². The van der Waals surface area contributed by atoms with Gasteiger partial charge < -0.3 is 15.0 Å². The number of hydrogen-bond acceptors (Lipinski definition) is 2. The van der Waals surface area contributed by atoms with Gasteiger partial charge in [0.1, 0.15) is 5.60 Å². The SMILES string of the molecule is CCc1cccc2c3c([nH]c12)C(CC)(CC(=O)NCCCCC[Si](C)(C)C)OCC3. The summed E-state index contributed by atoms with van der Waals surface area (Å²) in [5, 5.41) is 4.45. The van der Waals surface area contributed by atoms with Gasteiger partial charge in [-0.2, -0.15) is 0 Å². The summed E-state index contributed by atoms with van der Waals surface area (Å²) in [5.74, 6) is 0.101. The molecule has 3 rings (SSSR count). The number of rotatable bonds is 10. The molecule has 2 N–H and O–H groups in total. The van der Waals surface area contributed by atoms with Crippen LogP contribution in [-0.2, 0) is 28.0 Å². The van der Waals surface area contributed by atoms with Crippen LogP contribution < -0.4 is 5.32 Å². The number of carbonyl (C=O) groups is 1. The van der Waals surface area contributed by atoms with Gasteiger partial charge in [-0.25, -0.2) is 0 Å². The fourth-order valence-electron chi connectivity index (χ4n) is 4.75. The van der Waals surface area contributed by atoms with E-state index < -0.39 is 13.7 Å². The van der Waals surface area contributed by atoms with Crippen molar-refractivity contribution in [2.24, 2.45) is 0 Å². The first-order chi connectivity index (χ1) is 14.3. The first-order valence-electron chi connectivity index (χ1n) is 11.8. The molecule has 1 aliphatic rings. The third-order valence-corrected chi connectivity index (χ3v) is 8.39. The van der Waals surface area contributed by atoms with E-state index in [0.29, 0.717) is 13.0 Å². The van der Waals surface area contributed by atoms with Gasteiger partial charge in [0.2, 0.25) is 5.91 Å². The fraction of sp³-hybridized carbons (Fsp3) is 0.640. The Kier molecular flexibility index (Phi) is 7.46. The summed E-state index contributed by atoms with van der Waals surface area (Å²) < 4.78 is 6.31. The number of hydrogen-bond donors (Lipinski definition) is 2. The van der Waals surface area contributed by atoms with E-state index in [9.17, 15) is 4.79 Å². The maximum atomic E-state index is 12.8. The Morgan fingerprint density at radius 2 is 2.00 bits per heavy atom. The summed E-state index contributed by atoms with van der Waals surface area (Å²) in [7, 11) is -0.946. The Hall–Kier alpha value is -1.59. The molecule has 2 aromatic rings. The molecular weight excluding hydrogens is 388 g/mol. The van der Waals surface area contributed by atoms with Crippen LogP contribution in [0.1, 0.15) is 62.8 Å². The molecule has 1 aromatic heterocycles. The number of aromatic amines is 1. The van der Waals surface area contributed by atoms with Crippen molar-refractivity contribution in [3.05, 3.63) is 35.0 Å². The molecule has 1 amide bonds. The van der Waals surface area contributed by atoms with Gasteiger partial charge in [-0.05, 0) is 36.8 Å². The van der Waals surface area contributed by atoms with Gasteiger partial charge in [0.15, 0.2) is 0 Å². The summed E-state index contributed by atoms with van der Waals surface area (Å²) in [6.45, 7) is 13.0. The lowest BCUT2D eigenvalue weighted by Crippen LogP contribution is -2.40. The predicted molar refractivity (Wildman–Crippen MR) is 129 cm³/mol. The maximum Gasteiger partial charge on any atom is 0.223 e. The van der Waals surface area contributed by atoms with Gasteiger partial charge in [-0.3, -0.25) is 4.79 Å². The van der Waals surface area contributed by atoms with Crippen molar-refractivity contribution in [1.82, 2.24) is 10.3 Å². The average Bonchev–Trinajstić information content (AvgIpc) is 3.10. The third kappa shape index (κ3) is 5.17. The van der Waals surface area contributed by atoms with Crippen molar-refractivity contribution in [2.45, 2.75) is 90.1 Å². The van der Waals surface area contributed by atoms with Crippen LogP contribution >= 0.6 is 0 Å². The van der Waals surface area contributed by atoms with Crippen LogP contribution in [0.3, 0.4) is 0 Å². The number of benzene rings is 1. The zero-order chi connectivity index (χ0) is 21.8. The highest BCUT2D eigenvalue weighted by Crippen LogP contribution is 2.42. The molecule has 1 unspecified atom stereocenters. The molecule has 1 atom stereocenters. The molecule has 1 aromatic carbocycles. The molecule has 1 aliphatic heterocycles. The van der Waals surface area contributed by atoms with Gasteiger partial charge in [-0.1, -0.05) is 70.6 Å². The van der Waals surface area contributed by atoms with E-state index in [4.69, 9.17) is 4.74 Å². The molecule has 0 saturated carbocycles. The van der Waals surface area contributed by atoms with Crippen molar-refractivity contribution in [3.8, 4) is 0 Å². The summed E-state index contributed by atoms with van der Waals surface area (Å²) in [6.07, 6.45) is 6.63. The molecule has 0 aliphatic carbocycles. The van der Waals surface area contributed by atoms with E-state index in [1.165, 1.54) is 40.9 Å². The van der Waals surface area contributed by atoms with Crippen LogP contribution in [0.4, 0.5) is 0 Å². The Balaban J connectivity index is 1.66. The highest BCUT2D eigenvalue weighted by atomic mass is 28.3. The van der Waals surface area contributed by atoms with Crippen LogP contribution in [0.5, 0.6) is 0 Å². The van der Waals surface area contributed by atoms with Crippen molar-refractivity contribution < 1.29 is 9.53 Å². The normalized spacial score (nSPS) is 19.1. The number of nitrogens with one attached hydrogen (secondary N) is 2. The Morgan fingerprint density at radius 1 is 1.20 bits per heavy atom. The fourth-order valence-corrected chi connectivity index (χ4v) is 6.06. The third-order valence-electron chi connectivity index (χ3n) is 6.54. The van der Waals surface area contributed by atoms with Crippen LogP contribution in [0.2, 0.25) is 25.7 Å². The molecule has 0 bridgehead atoms. The van der Waals surface area contributed by atoms with Crippen molar-refractivity contribution in [2.75, 3.05) is 13.2 Å². The zero-order valence-electron chi connectivity index (χ0n) is 19.6. The first-order valence-corrected chi connectivity index (χ1v) is 15.5. The number of ether oxygens (including phenoxy) is 1. The zero-order valence-corrected chi connectivity index (χ0v) is 20.6. The van der Waals surface area contributed by atoms with Gasteiger partial charge in [0, 0.05) is 25.5 Å². The monoisotopic (exact) mass is 428 g/mol. The van der Waals surface area contributed by atoms with Crippen LogP contribution in [0.25, 0.3) is 10.9 Å². The molecule has 0 spiro atoms. The van der Waals surface area contributed by atoms with E-state index in [0.717, 1.165) is 37.9 Å². The molecule has 30 heavy (non-hydrogen) atoms. The highest BCUT2D eigenvalue weighted by Gasteiger charge is 2.40. The minimum Gasteiger partial charge on any atom is -0.368 e. The lowest BCUT2D eigenvalue weighted by Gasteiger charge is -2.36. The summed E-state index contributed by atoms with van der Waals surface area (Å²) in [5.41, 5.74) is 4.47. The molecular formula is C25H40N2O2Si. The van der Waals surface area contributed by atoms with E-state index >= 15 is 0 Å². The van der Waals surface area contributed by atoms with Crippen LogP contribution in [-0.4, -0.2) is 32.1 Å². The first kappa shape index (κ1) is 23.1. The highest BCUT2D eigenvalue weighted by molar-refractivity contribution is 6.76. The van der Waals surface area contributed by atoms with Gasteiger partial charge >= 0.3 is 0 Å². The number of carbonyl (C=O) groups excluding carboxylic acids is 1. The maximum absolute atomic E-state index is 12.8. The second kappa shape index (κ2) is 9.69. The van der Waals surface area contributed by atoms with E-state index in [2.05, 4.69) is 62.0 Å². The number of fused-ring (bicyclic) bond motifs is 3. The second-order valence-corrected chi connectivity index (χ2v) is 15.6. The van der Waals surface area contributed by atoms with Crippen molar-refractivity contribution >= 4 is 24.9 Å². The van der Waals surface area contributed by atoms with Crippen LogP contribution in [0, 0.1) is 0 Å². The van der Waals surface area contributed by atoms with Gasteiger partial charge in [0.25, 0.3) is 0 Å². The molecule has 0 radical (unpaired) electrons. The second-order valence-electron chi connectivity index (χ2n) is 10.0. The Labute approximate surface area is 183 Å². The number of para-hydroxylation sites is 1. The minimum atomic E-state index is -0.946. The smallest absolute Gasteiger partial charge is 0.223 e. The Bertz CT molecular complexity index is 868. The van der Waals surface area contributed by atoms with E-state index in [-0.39, 0.29) is 5.91 Å². The molecule has 2 heterocycles. The molecule has 0 saturated heterocycles. The molecule has 0 fully saturated rings. The van der Waals surface area contributed by atoms with E-state index in [1.54, 1.807) is 0 Å². The average molecular weight is 429 g/mol. The molecule has 5 heteroatoms. The quantitative estimate of drug-likeness (QED) is 0.364. The van der Waals surface area contributed by atoms with Crippen molar-refractivity contribution in [3.63, 3.8) is 0 Å². The molecule has 166 valence electrons. The molecule has 4 nitrogen and oxygen atoms in total. The lowest BCUT2D eigenvalue weighted by atomic mass is 9.86. The van der Waals surface area contributed by atoms with Crippen LogP contribution in [0.15, 0.2) is 18.2 Å². The number of aryl methyl sites for hydroxylation is 1. The number of unbranched alkanes of at least 4 members (excludes halogenated alkanes) is 2.